The molecule has 0 N–H and O–H groups in total. The number of fused-ring (bicyclic) bond motifs is 4. The van der Waals surface area contributed by atoms with Crippen LogP contribution in [-0.2, 0) is 17.8 Å². The minimum absolute atomic E-state index is 0.224. The number of hydrogen-bond acceptors (Lipinski definition) is 4. The van der Waals surface area contributed by atoms with Crippen molar-refractivity contribution in [2.75, 3.05) is 12.3 Å². The normalized spacial score (nSPS) is 20.5. The third kappa shape index (κ3) is 3.80. The maximum Gasteiger partial charge on any atom is 0.233 e. The minimum Gasteiger partial charge on any atom is -0.341 e. The first-order chi connectivity index (χ1) is 17.3. The molecule has 180 valence electrons. The third-order valence-electron chi connectivity index (χ3n) is 8.39. The van der Waals surface area contributed by atoms with Crippen molar-refractivity contribution in [3.63, 3.8) is 0 Å². The van der Waals surface area contributed by atoms with Gasteiger partial charge in [0.15, 0.2) is 4.34 Å². The van der Waals surface area contributed by atoms with Gasteiger partial charge in [0.05, 0.1) is 22.0 Å². The van der Waals surface area contributed by atoms with Crippen LogP contribution in [0.3, 0.4) is 0 Å². The largest absolute Gasteiger partial charge is 0.341 e. The average molecular weight is 502 g/mol. The molecule has 0 spiro atoms. The van der Waals surface area contributed by atoms with E-state index in [0.717, 1.165) is 41.7 Å². The molecule has 2 aliphatic carbocycles. The topological polar surface area (TPSA) is 38.1 Å². The second kappa shape index (κ2) is 8.97. The summed E-state index contributed by atoms with van der Waals surface area (Å²) < 4.78 is 4.73. The molecule has 2 aromatic heterocycles. The Bertz CT molecular complexity index is 1380. The zero-order chi connectivity index (χ0) is 23.4. The average Bonchev–Trinajstić information content (AvgIpc) is 3.48. The lowest BCUT2D eigenvalue weighted by atomic mass is 9.83. The number of thioether (sulfide) groups is 1. The van der Waals surface area contributed by atoms with Gasteiger partial charge in [-0.2, -0.15) is 0 Å². The standard InChI is InChI=1S/C29H31N3OS2/c33-27(18-34-29-30-23-10-4-5-12-26(23)35-29)31-15-16-32-24-14-13-20(19-7-2-1-3-8-19)17-22(24)21-9-6-11-25(31)28(21)32/h4-5,10,12-14,17,19,25H,1-3,6-9,11,15-16,18H2/t25-/m1/s1. The number of aromatic nitrogens is 2. The Morgan fingerprint density at radius 2 is 1.91 bits per heavy atom. The smallest absolute Gasteiger partial charge is 0.233 e. The summed E-state index contributed by atoms with van der Waals surface area (Å²) in [7, 11) is 0. The molecule has 0 radical (unpaired) electrons. The number of amides is 1. The fourth-order valence-corrected chi connectivity index (χ4v) is 8.68. The summed E-state index contributed by atoms with van der Waals surface area (Å²) in [6.07, 6.45) is 10.2. The van der Waals surface area contributed by atoms with E-state index in [1.807, 2.05) is 18.2 Å². The van der Waals surface area contributed by atoms with Crippen molar-refractivity contribution in [3.8, 4) is 0 Å². The third-order valence-corrected chi connectivity index (χ3v) is 10.6. The van der Waals surface area contributed by atoms with E-state index in [-0.39, 0.29) is 11.9 Å². The summed E-state index contributed by atoms with van der Waals surface area (Å²) in [4.78, 5) is 20.3. The van der Waals surface area contributed by atoms with Gasteiger partial charge in [-0.1, -0.05) is 49.2 Å². The van der Waals surface area contributed by atoms with Gasteiger partial charge < -0.3 is 9.47 Å². The van der Waals surface area contributed by atoms with Crippen molar-refractivity contribution in [2.45, 2.75) is 74.2 Å². The number of carbonyl (C=O) groups is 1. The van der Waals surface area contributed by atoms with Crippen LogP contribution in [0.25, 0.3) is 21.1 Å². The van der Waals surface area contributed by atoms with Crippen molar-refractivity contribution in [1.82, 2.24) is 14.5 Å². The zero-order valence-electron chi connectivity index (χ0n) is 20.0. The van der Waals surface area contributed by atoms with E-state index >= 15 is 0 Å². The van der Waals surface area contributed by atoms with Gasteiger partial charge in [0.2, 0.25) is 5.91 Å². The Balaban J connectivity index is 1.15. The van der Waals surface area contributed by atoms with Gasteiger partial charge in [-0.05, 0) is 73.4 Å². The zero-order valence-corrected chi connectivity index (χ0v) is 21.7. The molecule has 1 atom stereocenters. The minimum atomic E-state index is 0.224. The molecule has 6 heteroatoms. The molecule has 4 nitrogen and oxygen atoms in total. The van der Waals surface area contributed by atoms with Crippen molar-refractivity contribution in [1.29, 1.82) is 0 Å². The van der Waals surface area contributed by atoms with E-state index < -0.39 is 0 Å². The highest BCUT2D eigenvalue weighted by Crippen LogP contribution is 2.44. The number of hydrogen-bond donors (Lipinski definition) is 0. The quantitative estimate of drug-likeness (QED) is 0.275. The number of rotatable bonds is 4. The number of thiazole rings is 1. The van der Waals surface area contributed by atoms with Crippen LogP contribution in [0.4, 0.5) is 0 Å². The molecule has 2 aromatic carbocycles. The predicted molar refractivity (Wildman–Crippen MR) is 145 cm³/mol. The summed E-state index contributed by atoms with van der Waals surface area (Å²) in [5, 5.41) is 1.46. The van der Waals surface area contributed by atoms with E-state index in [1.165, 1.54) is 65.4 Å². The molecule has 3 aliphatic rings. The highest BCUT2D eigenvalue weighted by molar-refractivity contribution is 8.01. The number of benzene rings is 2. The summed E-state index contributed by atoms with van der Waals surface area (Å²) in [5.74, 6) is 1.46. The first-order valence-corrected chi connectivity index (χ1v) is 15.0. The second-order valence-corrected chi connectivity index (χ2v) is 12.6. The molecule has 7 rings (SSSR count). The maximum atomic E-state index is 13.4. The summed E-state index contributed by atoms with van der Waals surface area (Å²) >= 11 is 3.28. The van der Waals surface area contributed by atoms with Gasteiger partial charge in [0, 0.05) is 29.7 Å². The van der Waals surface area contributed by atoms with Crippen LogP contribution in [0.2, 0.25) is 0 Å². The lowest BCUT2D eigenvalue weighted by Crippen LogP contribution is -2.44. The molecule has 4 aromatic rings. The fourth-order valence-electron chi connectivity index (χ4n) is 6.73. The number of carbonyl (C=O) groups excluding carboxylic acids is 1. The van der Waals surface area contributed by atoms with Crippen molar-refractivity contribution < 1.29 is 4.79 Å². The molecule has 1 saturated carbocycles. The lowest BCUT2D eigenvalue weighted by Gasteiger charge is -2.40. The van der Waals surface area contributed by atoms with Crippen molar-refractivity contribution in [3.05, 3.63) is 59.3 Å². The van der Waals surface area contributed by atoms with Gasteiger partial charge in [-0.3, -0.25) is 4.79 Å². The molecule has 0 bridgehead atoms. The summed E-state index contributed by atoms with van der Waals surface area (Å²) in [6, 6.07) is 15.7. The van der Waals surface area contributed by atoms with Crippen molar-refractivity contribution >= 4 is 50.1 Å². The Labute approximate surface area is 214 Å². The van der Waals surface area contributed by atoms with Crippen LogP contribution in [0.1, 0.15) is 73.7 Å². The Kier molecular flexibility index (Phi) is 5.62. The van der Waals surface area contributed by atoms with E-state index in [1.54, 1.807) is 28.7 Å². The first kappa shape index (κ1) is 21.9. The number of aryl methyl sites for hydroxylation is 1. The Morgan fingerprint density at radius 3 is 2.80 bits per heavy atom. The lowest BCUT2D eigenvalue weighted by molar-refractivity contribution is -0.132. The molecule has 1 amide bonds. The molecular formula is C29H31N3OS2. The number of nitrogens with zero attached hydrogens (tertiary/aromatic N) is 3. The van der Waals surface area contributed by atoms with Gasteiger partial charge in [-0.25, -0.2) is 4.98 Å². The molecule has 1 fully saturated rings. The van der Waals surface area contributed by atoms with Crippen LogP contribution >= 0.6 is 23.1 Å². The predicted octanol–water partition coefficient (Wildman–Crippen LogP) is 7.31. The highest BCUT2D eigenvalue weighted by atomic mass is 32.2. The first-order valence-electron chi connectivity index (χ1n) is 13.2. The SMILES string of the molecule is O=C(CSc1nc2ccccc2s1)N1CCn2c3c(c4cc(C5CCCCC5)ccc42)CCC[C@H]31. The highest BCUT2D eigenvalue weighted by Gasteiger charge is 2.37. The second-order valence-electron chi connectivity index (χ2n) is 10.4. The van der Waals surface area contributed by atoms with Crippen LogP contribution < -0.4 is 0 Å². The van der Waals surface area contributed by atoms with E-state index in [4.69, 9.17) is 4.98 Å². The van der Waals surface area contributed by atoms with Gasteiger partial charge in [0.1, 0.15) is 0 Å². The molecule has 0 saturated heterocycles. The number of para-hydroxylation sites is 1. The van der Waals surface area contributed by atoms with Crippen LogP contribution in [0.15, 0.2) is 46.8 Å². The van der Waals surface area contributed by atoms with Gasteiger partial charge in [0.25, 0.3) is 0 Å². The monoisotopic (exact) mass is 501 g/mol. The van der Waals surface area contributed by atoms with Crippen LogP contribution in [0, 0.1) is 0 Å². The molecule has 35 heavy (non-hydrogen) atoms. The van der Waals surface area contributed by atoms with Gasteiger partial charge in [-0.15, -0.1) is 11.3 Å². The molecule has 1 aliphatic heterocycles. The van der Waals surface area contributed by atoms with E-state index in [0.29, 0.717) is 5.75 Å². The maximum absolute atomic E-state index is 13.4. The molecular weight excluding hydrogens is 470 g/mol. The Morgan fingerprint density at radius 1 is 1.03 bits per heavy atom. The molecule has 0 unspecified atom stereocenters. The van der Waals surface area contributed by atoms with Gasteiger partial charge >= 0.3 is 0 Å². The molecule has 3 heterocycles. The summed E-state index contributed by atoms with van der Waals surface area (Å²) in [5.41, 5.74) is 6.90. The van der Waals surface area contributed by atoms with E-state index in [9.17, 15) is 4.79 Å². The summed E-state index contributed by atoms with van der Waals surface area (Å²) in [6.45, 7) is 1.72. The Hall–Kier alpha value is -2.31. The van der Waals surface area contributed by atoms with E-state index in [2.05, 4.69) is 33.7 Å². The van der Waals surface area contributed by atoms with Crippen molar-refractivity contribution in [2.24, 2.45) is 0 Å². The van der Waals surface area contributed by atoms with Crippen LogP contribution in [-0.4, -0.2) is 32.7 Å². The fraction of sp³-hybridized carbons (Fsp3) is 0.448. The van der Waals surface area contributed by atoms with Crippen LogP contribution in [0.5, 0.6) is 0 Å².